The van der Waals surface area contributed by atoms with Gasteiger partial charge in [-0.05, 0) is 19.9 Å². The smallest absolute Gasteiger partial charge is 0.223 e. The van der Waals surface area contributed by atoms with E-state index in [1.165, 1.54) is 5.56 Å². The maximum Gasteiger partial charge on any atom is 0.223 e. The normalized spacial score (nSPS) is 14.2. The van der Waals surface area contributed by atoms with Gasteiger partial charge in [-0.15, -0.1) is 24.8 Å². The second kappa shape index (κ2) is 10.4. The largest absolute Gasteiger partial charge is 0.441 e. The molecule has 7 heteroatoms. The number of halogens is 2. The Hall–Kier alpha value is -1.56. The fourth-order valence-electron chi connectivity index (χ4n) is 2.74. The zero-order valence-electron chi connectivity index (χ0n) is 14.4. The number of aromatic nitrogens is 1. The molecule has 1 aromatic heterocycles. The van der Waals surface area contributed by atoms with Crippen LogP contribution in [0.1, 0.15) is 24.3 Å². The van der Waals surface area contributed by atoms with Crippen LogP contribution in [0.4, 0.5) is 0 Å². The van der Waals surface area contributed by atoms with Crippen LogP contribution in [0.15, 0.2) is 34.9 Å². The van der Waals surface area contributed by atoms with Crippen molar-refractivity contribution in [3.8, 4) is 11.3 Å². The molecule has 0 bridgehead atoms. The van der Waals surface area contributed by atoms with Crippen LogP contribution in [0.2, 0.25) is 0 Å². The first-order valence-electron chi connectivity index (χ1n) is 8.22. The molecule has 1 aliphatic heterocycles. The number of oxazole rings is 1. The average molecular weight is 386 g/mol. The molecule has 25 heavy (non-hydrogen) atoms. The number of carbonyl (C=O) groups excluding carboxylic acids is 1. The summed E-state index contributed by atoms with van der Waals surface area (Å²) in [5.41, 5.74) is 2.23. The summed E-state index contributed by atoms with van der Waals surface area (Å²) in [5, 5.41) is 3.31. The third-order valence-corrected chi connectivity index (χ3v) is 4.14. The highest BCUT2D eigenvalue weighted by molar-refractivity contribution is 5.85. The number of benzene rings is 1. The molecule has 1 amide bonds. The Morgan fingerprint density at radius 2 is 1.96 bits per heavy atom. The fourth-order valence-corrected chi connectivity index (χ4v) is 2.74. The van der Waals surface area contributed by atoms with Gasteiger partial charge in [-0.3, -0.25) is 4.79 Å². The molecule has 0 unspecified atom stereocenters. The molecule has 138 valence electrons. The molecule has 0 atom stereocenters. The molecule has 1 fully saturated rings. The Bertz CT molecular complexity index is 651. The Morgan fingerprint density at radius 1 is 1.20 bits per heavy atom. The van der Waals surface area contributed by atoms with Gasteiger partial charge in [0.1, 0.15) is 0 Å². The van der Waals surface area contributed by atoms with Gasteiger partial charge in [0.25, 0.3) is 0 Å². The quantitative estimate of drug-likeness (QED) is 0.877. The molecule has 1 saturated heterocycles. The minimum atomic E-state index is 0. The summed E-state index contributed by atoms with van der Waals surface area (Å²) < 4.78 is 5.78. The van der Waals surface area contributed by atoms with Crippen molar-refractivity contribution in [2.45, 2.75) is 26.2 Å². The number of carbonyl (C=O) groups is 1. The standard InChI is InChI=1S/C18H23N3O2.2ClH/c1-14-3-5-15(6-4-14)16-13-20-17(23-16)7-8-18(22)21-11-2-9-19-10-12-21;;/h3-6,13,19H,2,7-12H2,1H3;2*1H. The Labute approximate surface area is 161 Å². The van der Waals surface area contributed by atoms with Gasteiger partial charge in [-0.2, -0.15) is 0 Å². The highest BCUT2D eigenvalue weighted by Crippen LogP contribution is 2.21. The van der Waals surface area contributed by atoms with E-state index >= 15 is 0 Å². The zero-order chi connectivity index (χ0) is 16.1. The fraction of sp³-hybridized carbons (Fsp3) is 0.444. The Morgan fingerprint density at radius 3 is 2.72 bits per heavy atom. The zero-order valence-corrected chi connectivity index (χ0v) is 16.0. The lowest BCUT2D eigenvalue weighted by atomic mass is 10.1. The number of aryl methyl sites for hydroxylation is 2. The molecule has 1 N–H and O–H groups in total. The van der Waals surface area contributed by atoms with E-state index in [0.717, 1.165) is 43.9 Å². The van der Waals surface area contributed by atoms with Crippen LogP contribution in [0, 0.1) is 6.92 Å². The molecule has 0 radical (unpaired) electrons. The van der Waals surface area contributed by atoms with Crippen molar-refractivity contribution < 1.29 is 9.21 Å². The third kappa shape index (κ3) is 6.03. The number of hydrogen-bond donors (Lipinski definition) is 1. The summed E-state index contributed by atoms with van der Waals surface area (Å²) in [6.07, 6.45) is 3.76. The first kappa shape index (κ1) is 21.5. The summed E-state index contributed by atoms with van der Waals surface area (Å²) in [6.45, 7) is 5.55. The highest BCUT2D eigenvalue weighted by Gasteiger charge is 2.16. The van der Waals surface area contributed by atoms with Gasteiger partial charge in [0.15, 0.2) is 11.7 Å². The first-order valence-corrected chi connectivity index (χ1v) is 8.22. The summed E-state index contributed by atoms with van der Waals surface area (Å²) in [6, 6.07) is 8.15. The molecular formula is C18H25Cl2N3O2. The monoisotopic (exact) mass is 385 g/mol. The number of hydrogen-bond acceptors (Lipinski definition) is 4. The van der Waals surface area contributed by atoms with Gasteiger partial charge < -0.3 is 14.6 Å². The van der Waals surface area contributed by atoms with E-state index in [4.69, 9.17) is 4.42 Å². The van der Waals surface area contributed by atoms with Crippen molar-refractivity contribution in [1.82, 2.24) is 15.2 Å². The maximum absolute atomic E-state index is 12.3. The molecule has 0 spiro atoms. The van der Waals surface area contributed by atoms with Gasteiger partial charge >= 0.3 is 0 Å². The molecule has 3 rings (SSSR count). The van der Waals surface area contributed by atoms with Crippen LogP contribution in [-0.4, -0.2) is 42.0 Å². The lowest BCUT2D eigenvalue weighted by Crippen LogP contribution is -2.34. The van der Waals surface area contributed by atoms with E-state index in [2.05, 4.69) is 29.4 Å². The number of amides is 1. The topological polar surface area (TPSA) is 58.4 Å². The maximum atomic E-state index is 12.3. The number of nitrogens with one attached hydrogen (secondary N) is 1. The van der Waals surface area contributed by atoms with Crippen molar-refractivity contribution in [2.75, 3.05) is 26.2 Å². The molecule has 1 aromatic carbocycles. The Kier molecular flexibility index (Phi) is 8.97. The molecule has 0 saturated carbocycles. The SMILES string of the molecule is Cc1ccc(-c2cnc(CCC(=O)N3CCCNCC3)o2)cc1.Cl.Cl. The molecular weight excluding hydrogens is 361 g/mol. The van der Waals surface area contributed by atoms with Crippen LogP contribution >= 0.6 is 24.8 Å². The third-order valence-electron chi connectivity index (χ3n) is 4.14. The van der Waals surface area contributed by atoms with E-state index in [0.29, 0.717) is 18.7 Å². The van der Waals surface area contributed by atoms with Gasteiger partial charge in [-0.1, -0.05) is 29.8 Å². The number of rotatable bonds is 4. The van der Waals surface area contributed by atoms with E-state index in [1.807, 2.05) is 17.0 Å². The minimum Gasteiger partial charge on any atom is -0.441 e. The molecule has 2 aromatic rings. The van der Waals surface area contributed by atoms with E-state index in [9.17, 15) is 4.79 Å². The summed E-state index contributed by atoms with van der Waals surface area (Å²) in [7, 11) is 0. The predicted molar refractivity (Wildman–Crippen MR) is 104 cm³/mol. The van der Waals surface area contributed by atoms with Crippen molar-refractivity contribution in [3.63, 3.8) is 0 Å². The molecule has 1 aliphatic rings. The van der Waals surface area contributed by atoms with E-state index < -0.39 is 0 Å². The van der Waals surface area contributed by atoms with Crippen molar-refractivity contribution >= 4 is 30.7 Å². The number of nitrogens with zero attached hydrogens (tertiary/aromatic N) is 2. The van der Waals surface area contributed by atoms with Crippen LogP contribution in [-0.2, 0) is 11.2 Å². The highest BCUT2D eigenvalue weighted by atomic mass is 35.5. The predicted octanol–water partition coefficient (Wildman–Crippen LogP) is 3.25. The van der Waals surface area contributed by atoms with Gasteiger partial charge in [0.2, 0.25) is 5.91 Å². The molecule has 0 aliphatic carbocycles. The van der Waals surface area contributed by atoms with Crippen LogP contribution in [0.5, 0.6) is 0 Å². The Balaban J connectivity index is 0.00000156. The second-order valence-corrected chi connectivity index (χ2v) is 5.97. The summed E-state index contributed by atoms with van der Waals surface area (Å²) in [5.74, 6) is 1.57. The van der Waals surface area contributed by atoms with Gasteiger partial charge in [0.05, 0.1) is 6.20 Å². The van der Waals surface area contributed by atoms with E-state index in [1.54, 1.807) is 6.20 Å². The first-order chi connectivity index (χ1) is 11.2. The van der Waals surface area contributed by atoms with Gasteiger partial charge in [0, 0.05) is 38.0 Å². The average Bonchev–Trinajstić information content (AvgIpc) is 2.86. The van der Waals surface area contributed by atoms with Crippen LogP contribution in [0.25, 0.3) is 11.3 Å². The van der Waals surface area contributed by atoms with Crippen LogP contribution in [0.3, 0.4) is 0 Å². The van der Waals surface area contributed by atoms with Crippen molar-refractivity contribution in [1.29, 1.82) is 0 Å². The van der Waals surface area contributed by atoms with Crippen molar-refractivity contribution in [3.05, 3.63) is 41.9 Å². The second-order valence-electron chi connectivity index (χ2n) is 5.97. The van der Waals surface area contributed by atoms with Crippen molar-refractivity contribution in [2.24, 2.45) is 0 Å². The minimum absolute atomic E-state index is 0. The molecule has 5 nitrogen and oxygen atoms in total. The summed E-state index contributed by atoms with van der Waals surface area (Å²) in [4.78, 5) is 18.5. The lowest BCUT2D eigenvalue weighted by molar-refractivity contribution is -0.131. The van der Waals surface area contributed by atoms with E-state index in [-0.39, 0.29) is 30.7 Å². The van der Waals surface area contributed by atoms with Gasteiger partial charge in [-0.25, -0.2) is 4.98 Å². The molecule has 2 heterocycles. The summed E-state index contributed by atoms with van der Waals surface area (Å²) >= 11 is 0. The lowest BCUT2D eigenvalue weighted by Gasteiger charge is -2.19. The van der Waals surface area contributed by atoms with Crippen LogP contribution < -0.4 is 5.32 Å².